The molecule has 92 valence electrons. The quantitative estimate of drug-likeness (QED) is 0.638. The highest BCUT2D eigenvalue weighted by Crippen LogP contribution is 2.21. The summed E-state index contributed by atoms with van der Waals surface area (Å²) >= 11 is 0. The van der Waals surface area contributed by atoms with Gasteiger partial charge in [0.1, 0.15) is 17.3 Å². The maximum atomic E-state index is 9.64. The summed E-state index contributed by atoms with van der Waals surface area (Å²) < 4.78 is 5.07. The van der Waals surface area contributed by atoms with Crippen molar-refractivity contribution in [2.24, 2.45) is 5.10 Å². The molecule has 0 radical (unpaired) electrons. The summed E-state index contributed by atoms with van der Waals surface area (Å²) in [7, 11) is 1.57. The van der Waals surface area contributed by atoms with E-state index in [1.807, 2.05) is 12.1 Å². The van der Waals surface area contributed by atoms with E-state index >= 15 is 0 Å². The minimum absolute atomic E-state index is 0.141. The highest BCUT2D eigenvalue weighted by molar-refractivity contribution is 5.84. The second-order valence-electron chi connectivity index (χ2n) is 3.51. The van der Waals surface area contributed by atoms with Crippen molar-refractivity contribution in [3.63, 3.8) is 0 Å². The van der Waals surface area contributed by atoms with Gasteiger partial charge in [-0.05, 0) is 30.3 Å². The number of anilines is 1. The zero-order valence-electron chi connectivity index (χ0n) is 9.87. The third kappa shape index (κ3) is 2.98. The van der Waals surface area contributed by atoms with Crippen LogP contribution >= 0.6 is 0 Å². The van der Waals surface area contributed by atoms with Crippen LogP contribution in [-0.2, 0) is 0 Å². The number of nitrogens with zero attached hydrogens (tertiary/aromatic N) is 2. The van der Waals surface area contributed by atoms with Gasteiger partial charge in [-0.3, -0.25) is 5.43 Å². The Bertz CT molecular complexity index is 541. The van der Waals surface area contributed by atoms with E-state index in [0.29, 0.717) is 17.1 Å². The molecule has 2 aromatic rings. The van der Waals surface area contributed by atoms with Gasteiger partial charge in [0.2, 0.25) is 0 Å². The van der Waals surface area contributed by atoms with Gasteiger partial charge in [0.25, 0.3) is 0 Å². The summed E-state index contributed by atoms with van der Waals surface area (Å²) in [4.78, 5) is 4.05. The largest absolute Gasteiger partial charge is 0.507 e. The first kappa shape index (κ1) is 11.9. The minimum atomic E-state index is 0.141. The van der Waals surface area contributed by atoms with Crippen LogP contribution in [0.2, 0.25) is 0 Å². The summed E-state index contributed by atoms with van der Waals surface area (Å²) in [5.41, 5.74) is 3.33. The maximum absolute atomic E-state index is 9.64. The standard InChI is InChI=1S/C13H13N3O2/c1-18-11-5-6-12(17)10(8-11)9-15-16-13-4-2-3-7-14-13/h2-9,17H,1H3,(H,14,16)/b15-9+. The molecule has 1 heterocycles. The van der Waals surface area contributed by atoms with E-state index in [2.05, 4.69) is 15.5 Å². The number of pyridine rings is 1. The number of phenolic OH excluding ortho intramolecular Hbond substituents is 1. The summed E-state index contributed by atoms with van der Waals surface area (Å²) in [6.07, 6.45) is 3.17. The Balaban J connectivity index is 2.09. The SMILES string of the molecule is COc1ccc(O)c(/C=N/Nc2ccccn2)c1. The number of aromatic nitrogens is 1. The monoisotopic (exact) mass is 243 g/mol. The molecule has 18 heavy (non-hydrogen) atoms. The lowest BCUT2D eigenvalue weighted by atomic mass is 10.2. The molecule has 5 heteroatoms. The van der Waals surface area contributed by atoms with Gasteiger partial charge in [-0.15, -0.1) is 0 Å². The molecule has 0 aliphatic carbocycles. The van der Waals surface area contributed by atoms with Crippen molar-refractivity contribution in [3.8, 4) is 11.5 Å². The lowest BCUT2D eigenvalue weighted by Gasteiger charge is -2.03. The fourth-order valence-corrected chi connectivity index (χ4v) is 1.36. The summed E-state index contributed by atoms with van der Waals surface area (Å²) in [5, 5.41) is 13.6. The number of hydrazone groups is 1. The lowest BCUT2D eigenvalue weighted by molar-refractivity contribution is 0.412. The van der Waals surface area contributed by atoms with E-state index in [4.69, 9.17) is 4.74 Å². The number of methoxy groups -OCH3 is 1. The number of aromatic hydroxyl groups is 1. The number of rotatable bonds is 4. The molecule has 0 atom stereocenters. The zero-order valence-corrected chi connectivity index (χ0v) is 9.87. The second-order valence-corrected chi connectivity index (χ2v) is 3.51. The molecular formula is C13H13N3O2. The number of benzene rings is 1. The number of hydrogen-bond donors (Lipinski definition) is 2. The van der Waals surface area contributed by atoms with Crippen molar-refractivity contribution in [2.45, 2.75) is 0 Å². The molecule has 0 saturated heterocycles. The molecule has 0 bridgehead atoms. The first-order valence-electron chi connectivity index (χ1n) is 5.36. The minimum Gasteiger partial charge on any atom is -0.507 e. The van der Waals surface area contributed by atoms with Gasteiger partial charge in [-0.2, -0.15) is 5.10 Å². The first-order chi connectivity index (χ1) is 8.79. The van der Waals surface area contributed by atoms with E-state index in [-0.39, 0.29) is 5.75 Å². The molecule has 5 nitrogen and oxygen atoms in total. The van der Waals surface area contributed by atoms with Crippen LogP contribution in [0.1, 0.15) is 5.56 Å². The molecule has 0 aliphatic rings. The number of hydrogen-bond acceptors (Lipinski definition) is 5. The molecule has 0 unspecified atom stereocenters. The molecule has 2 N–H and O–H groups in total. The topological polar surface area (TPSA) is 66.7 Å². The Kier molecular flexibility index (Phi) is 3.76. The smallest absolute Gasteiger partial charge is 0.146 e. The molecule has 0 spiro atoms. The summed E-state index contributed by atoms with van der Waals surface area (Å²) in [6, 6.07) is 10.4. The molecule has 0 saturated carbocycles. The molecular weight excluding hydrogens is 230 g/mol. The van der Waals surface area contributed by atoms with Crippen LogP contribution in [0, 0.1) is 0 Å². The number of nitrogens with one attached hydrogen (secondary N) is 1. The van der Waals surface area contributed by atoms with Gasteiger partial charge in [-0.25, -0.2) is 4.98 Å². The number of ether oxygens (including phenoxy) is 1. The Labute approximate surface area is 105 Å². The predicted molar refractivity (Wildman–Crippen MR) is 70.1 cm³/mol. The van der Waals surface area contributed by atoms with Gasteiger partial charge in [0.05, 0.1) is 13.3 Å². The summed E-state index contributed by atoms with van der Waals surface area (Å²) in [6.45, 7) is 0. The maximum Gasteiger partial charge on any atom is 0.146 e. The Morgan fingerprint density at radius 3 is 2.94 bits per heavy atom. The molecule has 0 fully saturated rings. The van der Waals surface area contributed by atoms with Gasteiger partial charge in [0, 0.05) is 11.8 Å². The van der Waals surface area contributed by atoms with Crippen LogP contribution in [0.5, 0.6) is 11.5 Å². The average Bonchev–Trinajstić information content (AvgIpc) is 2.42. The van der Waals surface area contributed by atoms with Crippen molar-refractivity contribution in [1.82, 2.24) is 4.98 Å². The molecule has 1 aromatic carbocycles. The van der Waals surface area contributed by atoms with Crippen molar-refractivity contribution in [2.75, 3.05) is 12.5 Å². The molecule has 0 aliphatic heterocycles. The average molecular weight is 243 g/mol. The summed E-state index contributed by atoms with van der Waals surface area (Å²) in [5.74, 6) is 1.44. The molecule has 0 amide bonds. The molecule has 2 rings (SSSR count). The van der Waals surface area contributed by atoms with Crippen molar-refractivity contribution < 1.29 is 9.84 Å². The van der Waals surface area contributed by atoms with Gasteiger partial charge in [-0.1, -0.05) is 6.07 Å². The number of phenols is 1. The molecule has 1 aromatic heterocycles. The second kappa shape index (κ2) is 5.67. The van der Waals surface area contributed by atoms with Crippen LogP contribution in [-0.4, -0.2) is 23.4 Å². The Hall–Kier alpha value is -2.56. The Morgan fingerprint density at radius 1 is 1.33 bits per heavy atom. The third-order valence-electron chi connectivity index (χ3n) is 2.28. The Morgan fingerprint density at radius 2 is 2.22 bits per heavy atom. The van der Waals surface area contributed by atoms with E-state index in [1.165, 1.54) is 6.21 Å². The zero-order chi connectivity index (χ0) is 12.8. The van der Waals surface area contributed by atoms with E-state index in [1.54, 1.807) is 37.6 Å². The van der Waals surface area contributed by atoms with Crippen LogP contribution in [0.4, 0.5) is 5.82 Å². The normalized spacial score (nSPS) is 10.5. The van der Waals surface area contributed by atoms with Gasteiger partial charge in [0.15, 0.2) is 0 Å². The predicted octanol–water partition coefficient (Wildman–Crippen LogP) is 2.24. The lowest BCUT2D eigenvalue weighted by Crippen LogP contribution is -1.93. The van der Waals surface area contributed by atoms with Gasteiger partial charge >= 0.3 is 0 Å². The third-order valence-corrected chi connectivity index (χ3v) is 2.28. The first-order valence-corrected chi connectivity index (χ1v) is 5.36. The van der Waals surface area contributed by atoms with Gasteiger partial charge < -0.3 is 9.84 Å². The highest BCUT2D eigenvalue weighted by atomic mass is 16.5. The van der Waals surface area contributed by atoms with Crippen molar-refractivity contribution >= 4 is 12.0 Å². The van der Waals surface area contributed by atoms with Crippen LogP contribution in [0.15, 0.2) is 47.7 Å². The van der Waals surface area contributed by atoms with Crippen molar-refractivity contribution in [3.05, 3.63) is 48.2 Å². The van der Waals surface area contributed by atoms with Crippen molar-refractivity contribution in [1.29, 1.82) is 0 Å². The van der Waals surface area contributed by atoms with Crippen LogP contribution in [0.3, 0.4) is 0 Å². The van der Waals surface area contributed by atoms with E-state index < -0.39 is 0 Å². The van der Waals surface area contributed by atoms with Crippen LogP contribution < -0.4 is 10.2 Å². The fourth-order valence-electron chi connectivity index (χ4n) is 1.36. The van der Waals surface area contributed by atoms with E-state index in [9.17, 15) is 5.11 Å². The fraction of sp³-hybridized carbons (Fsp3) is 0.0769. The highest BCUT2D eigenvalue weighted by Gasteiger charge is 2.00. The van der Waals surface area contributed by atoms with E-state index in [0.717, 1.165) is 0 Å². The van der Waals surface area contributed by atoms with Crippen LogP contribution in [0.25, 0.3) is 0 Å².